The fourth-order valence-electron chi connectivity index (χ4n) is 4.08. The summed E-state index contributed by atoms with van der Waals surface area (Å²) >= 11 is 0. The Kier molecular flexibility index (Phi) is 2.88. The number of ketones is 1. The molecule has 0 spiro atoms. The minimum atomic E-state index is -0.695. The smallest absolute Gasteiger partial charge is 0.328 e. The highest BCUT2D eigenvalue weighted by atomic mass is 16.2. The maximum atomic E-state index is 13.2. The van der Waals surface area contributed by atoms with Gasteiger partial charge in [-0.1, -0.05) is 12.2 Å². The van der Waals surface area contributed by atoms with Crippen LogP contribution in [0.15, 0.2) is 41.2 Å². The van der Waals surface area contributed by atoms with Gasteiger partial charge in [0.05, 0.1) is 16.6 Å². The molecule has 5 rings (SSSR count). The van der Waals surface area contributed by atoms with Crippen molar-refractivity contribution < 1.29 is 9.59 Å². The first kappa shape index (κ1) is 15.6. The monoisotopic (exact) mass is 360 g/mol. The zero-order valence-corrected chi connectivity index (χ0v) is 14.8. The molecule has 2 aromatic carbocycles. The molecule has 2 heterocycles. The molecular formula is C20H16N4O3. The molecule has 7 heteroatoms. The molecule has 1 aliphatic heterocycles. The van der Waals surface area contributed by atoms with E-state index in [1.165, 1.54) is 9.47 Å². The van der Waals surface area contributed by atoms with Crippen LogP contribution in [0.1, 0.15) is 26.3 Å². The number of Topliss-reactive ketones (excluding diaryl/α,β-unsaturated/α-hetero) is 1. The van der Waals surface area contributed by atoms with E-state index in [0.29, 0.717) is 33.6 Å². The topological polar surface area (TPSA) is 90.3 Å². The third kappa shape index (κ3) is 1.88. The summed E-state index contributed by atoms with van der Waals surface area (Å²) in [5, 5.41) is 0. The average Bonchev–Trinajstić information content (AvgIpc) is 2.86. The van der Waals surface area contributed by atoms with E-state index in [4.69, 9.17) is 5.73 Å². The second kappa shape index (κ2) is 4.97. The average molecular weight is 360 g/mol. The van der Waals surface area contributed by atoms with Crippen molar-refractivity contribution >= 4 is 40.2 Å². The normalized spacial score (nSPS) is 17.9. The Morgan fingerprint density at radius 2 is 1.70 bits per heavy atom. The molecule has 0 radical (unpaired) electrons. The van der Waals surface area contributed by atoms with Gasteiger partial charge in [0.1, 0.15) is 6.04 Å². The first-order valence-corrected chi connectivity index (χ1v) is 8.53. The molecule has 1 atom stereocenters. The second-order valence-corrected chi connectivity index (χ2v) is 6.95. The van der Waals surface area contributed by atoms with E-state index in [1.807, 2.05) is 6.08 Å². The molecule has 2 aliphatic rings. The van der Waals surface area contributed by atoms with Crippen molar-refractivity contribution in [2.75, 3.05) is 10.6 Å². The Morgan fingerprint density at radius 3 is 2.48 bits per heavy atom. The van der Waals surface area contributed by atoms with Crippen molar-refractivity contribution in [2.24, 2.45) is 14.1 Å². The van der Waals surface area contributed by atoms with Crippen LogP contribution in [0.3, 0.4) is 0 Å². The van der Waals surface area contributed by atoms with Crippen LogP contribution in [-0.4, -0.2) is 26.9 Å². The number of anilines is 2. The van der Waals surface area contributed by atoms with Gasteiger partial charge in [-0.2, -0.15) is 0 Å². The molecule has 0 fully saturated rings. The van der Waals surface area contributed by atoms with Gasteiger partial charge in [-0.3, -0.25) is 23.6 Å². The SMILES string of the molecule is Cn1c(=O)n(C)c2cc(N3C(=O)c4cc(N)cc5c4C(=O)C3C=C5)ccc21. The number of hydrogen-bond donors (Lipinski definition) is 1. The lowest BCUT2D eigenvalue weighted by Gasteiger charge is -2.36. The van der Waals surface area contributed by atoms with Gasteiger partial charge in [-0.25, -0.2) is 4.79 Å². The van der Waals surface area contributed by atoms with Gasteiger partial charge in [0, 0.05) is 31.0 Å². The van der Waals surface area contributed by atoms with Gasteiger partial charge in [-0.15, -0.1) is 0 Å². The van der Waals surface area contributed by atoms with Crippen molar-refractivity contribution in [2.45, 2.75) is 6.04 Å². The molecule has 1 aliphatic carbocycles. The second-order valence-electron chi connectivity index (χ2n) is 6.95. The number of rotatable bonds is 1. The summed E-state index contributed by atoms with van der Waals surface area (Å²) < 4.78 is 3.07. The predicted octanol–water partition coefficient (Wildman–Crippen LogP) is 1.70. The number of benzene rings is 2. The summed E-state index contributed by atoms with van der Waals surface area (Å²) in [5.41, 5.74) is 9.66. The van der Waals surface area contributed by atoms with Crippen LogP contribution < -0.4 is 16.3 Å². The Labute approximate surface area is 153 Å². The van der Waals surface area contributed by atoms with E-state index >= 15 is 0 Å². The van der Waals surface area contributed by atoms with Crippen molar-refractivity contribution in [3.05, 3.63) is 63.6 Å². The van der Waals surface area contributed by atoms with Gasteiger partial charge in [-0.05, 0) is 35.9 Å². The van der Waals surface area contributed by atoms with Gasteiger partial charge in [0.25, 0.3) is 5.91 Å². The molecule has 3 aromatic rings. The standard InChI is InChI=1S/C20H16N4O3/c1-22-14-6-4-12(9-16(14)23(2)20(22)27)24-15-5-3-10-7-11(21)8-13(19(24)26)17(10)18(15)25/h3-9,15H,21H2,1-2H3. The number of amides is 1. The van der Waals surface area contributed by atoms with E-state index in [0.717, 1.165) is 5.52 Å². The molecule has 1 unspecified atom stereocenters. The van der Waals surface area contributed by atoms with Gasteiger partial charge in [0.2, 0.25) is 0 Å². The summed E-state index contributed by atoms with van der Waals surface area (Å²) in [6, 6.07) is 7.88. The first-order chi connectivity index (χ1) is 12.9. The number of carbonyl (C=O) groups excluding carboxylic acids is 2. The summed E-state index contributed by atoms with van der Waals surface area (Å²) in [6.07, 6.45) is 3.55. The molecule has 27 heavy (non-hydrogen) atoms. The Bertz CT molecular complexity index is 1280. The third-order valence-electron chi connectivity index (χ3n) is 5.43. The third-order valence-corrected chi connectivity index (χ3v) is 5.43. The predicted molar refractivity (Wildman–Crippen MR) is 103 cm³/mol. The van der Waals surface area contributed by atoms with Crippen LogP contribution in [0.5, 0.6) is 0 Å². The number of carbonyl (C=O) groups is 2. The molecule has 0 saturated heterocycles. The highest BCUT2D eigenvalue weighted by Crippen LogP contribution is 2.36. The number of fused-ring (bicyclic) bond motifs is 2. The number of nitrogens with two attached hydrogens (primary N) is 1. The zero-order valence-electron chi connectivity index (χ0n) is 14.8. The number of hydrogen-bond acceptors (Lipinski definition) is 4. The Morgan fingerprint density at radius 1 is 0.963 bits per heavy atom. The lowest BCUT2D eigenvalue weighted by atomic mass is 9.83. The lowest BCUT2D eigenvalue weighted by molar-refractivity contribution is 0.0885. The molecule has 0 saturated carbocycles. The molecule has 134 valence electrons. The summed E-state index contributed by atoms with van der Waals surface area (Å²) in [7, 11) is 3.38. The fourth-order valence-corrected chi connectivity index (χ4v) is 4.08. The Hall–Kier alpha value is -3.61. The number of nitrogens with zero attached hydrogens (tertiary/aromatic N) is 3. The van der Waals surface area contributed by atoms with Gasteiger partial charge < -0.3 is 5.73 Å². The van der Waals surface area contributed by atoms with Crippen LogP contribution >= 0.6 is 0 Å². The van der Waals surface area contributed by atoms with Crippen LogP contribution in [0, 0.1) is 0 Å². The summed E-state index contributed by atoms with van der Waals surface area (Å²) in [5.74, 6) is -0.392. The maximum absolute atomic E-state index is 13.2. The molecule has 2 bridgehead atoms. The van der Waals surface area contributed by atoms with Crippen molar-refractivity contribution in [3.8, 4) is 0 Å². The number of imidazole rings is 1. The zero-order chi connectivity index (χ0) is 19.0. The van der Waals surface area contributed by atoms with E-state index in [-0.39, 0.29) is 17.4 Å². The van der Waals surface area contributed by atoms with Gasteiger partial charge in [0.15, 0.2) is 5.78 Å². The summed E-state index contributed by atoms with van der Waals surface area (Å²) in [6.45, 7) is 0. The summed E-state index contributed by atoms with van der Waals surface area (Å²) in [4.78, 5) is 39.8. The van der Waals surface area contributed by atoms with E-state index in [9.17, 15) is 14.4 Å². The van der Waals surface area contributed by atoms with Crippen LogP contribution in [0.2, 0.25) is 0 Å². The quantitative estimate of drug-likeness (QED) is 0.669. The number of nitrogen functional groups attached to an aromatic ring is 1. The highest BCUT2D eigenvalue weighted by Gasteiger charge is 2.41. The van der Waals surface area contributed by atoms with Crippen molar-refractivity contribution in [3.63, 3.8) is 0 Å². The highest BCUT2D eigenvalue weighted by molar-refractivity contribution is 6.26. The molecule has 7 nitrogen and oxygen atoms in total. The van der Waals surface area contributed by atoms with Crippen LogP contribution in [0.25, 0.3) is 17.1 Å². The first-order valence-electron chi connectivity index (χ1n) is 8.53. The molecule has 1 amide bonds. The maximum Gasteiger partial charge on any atom is 0.328 e. The van der Waals surface area contributed by atoms with Crippen molar-refractivity contribution in [1.82, 2.24) is 9.13 Å². The number of aryl methyl sites for hydroxylation is 2. The minimum Gasteiger partial charge on any atom is -0.399 e. The van der Waals surface area contributed by atoms with Crippen LogP contribution in [0.4, 0.5) is 11.4 Å². The minimum absolute atomic E-state index is 0.121. The lowest BCUT2D eigenvalue weighted by Crippen LogP contribution is -2.50. The largest absolute Gasteiger partial charge is 0.399 e. The molecular weight excluding hydrogens is 344 g/mol. The number of aromatic nitrogens is 2. The van der Waals surface area contributed by atoms with E-state index in [1.54, 1.807) is 55.1 Å². The Balaban J connectivity index is 1.75. The van der Waals surface area contributed by atoms with E-state index < -0.39 is 6.04 Å². The van der Waals surface area contributed by atoms with Crippen LogP contribution in [-0.2, 0) is 14.1 Å². The fraction of sp³-hybridized carbons (Fsp3) is 0.150. The van der Waals surface area contributed by atoms with Gasteiger partial charge >= 0.3 is 5.69 Å². The molecule has 2 N–H and O–H groups in total. The molecule has 1 aromatic heterocycles. The van der Waals surface area contributed by atoms with E-state index in [2.05, 4.69) is 0 Å². The van der Waals surface area contributed by atoms with Crippen molar-refractivity contribution in [1.29, 1.82) is 0 Å².